The molecule has 0 radical (unpaired) electrons. The third kappa shape index (κ3) is 1.93. The predicted molar refractivity (Wildman–Crippen MR) is 34.2 cm³/mol. The molecule has 3 heteroatoms. The van der Waals surface area contributed by atoms with Crippen molar-refractivity contribution in [2.45, 2.75) is 19.3 Å². The van der Waals surface area contributed by atoms with Crippen molar-refractivity contribution >= 4 is 0 Å². The molecule has 54 valence electrons. The van der Waals surface area contributed by atoms with Crippen LogP contribution >= 0.6 is 0 Å². The van der Waals surface area contributed by atoms with E-state index in [9.17, 15) is 0 Å². The van der Waals surface area contributed by atoms with Crippen LogP contribution < -0.4 is 5.32 Å². The van der Waals surface area contributed by atoms with E-state index in [4.69, 9.17) is 9.47 Å². The van der Waals surface area contributed by atoms with Crippen LogP contribution in [0.3, 0.4) is 0 Å². The van der Waals surface area contributed by atoms with Gasteiger partial charge in [-0.25, -0.2) is 0 Å². The molecule has 1 aliphatic rings. The van der Waals surface area contributed by atoms with Crippen LogP contribution in [0.25, 0.3) is 0 Å². The summed E-state index contributed by atoms with van der Waals surface area (Å²) in [4.78, 5) is 0. The Morgan fingerprint density at radius 2 is 2.11 bits per heavy atom. The van der Waals surface area contributed by atoms with E-state index >= 15 is 0 Å². The summed E-state index contributed by atoms with van der Waals surface area (Å²) in [5.41, 5.74) is 0. The third-order valence-corrected chi connectivity index (χ3v) is 1.39. The first-order valence-corrected chi connectivity index (χ1v) is 3.23. The fourth-order valence-corrected chi connectivity index (χ4v) is 0.766. The van der Waals surface area contributed by atoms with Gasteiger partial charge >= 0.3 is 0 Å². The fourth-order valence-electron chi connectivity index (χ4n) is 0.766. The Bertz CT molecular complexity index is 79.1. The van der Waals surface area contributed by atoms with Crippen molar-refractivity contribution in [2.75, 3.05) is 20.3 Å². The first-order valence-electron chi connectivity index (χ1n) is 3.23. The lowest BCUT2D eigenvalue weighted by Crippen LogP contribution is -2.41. The van der Waals surface area contributed by atoms with Gasteiger partial charge in [0.2, 0.25) is 0 Å². The summed E-state index contributed by atoms with van der Waals surface area (Å²) in [7, 11) is 1.87. The molecule has 0 aromatic heterocycles. The SMILES string of the molecule is CN[C@@H]1CO[C@H](C)CO1. The average molecular weight is 131 g/mol. The minimum atomic E-state index is 0.0983. The highest BCUT2D eigenvalue weighted by atomic mass is 16.6. The Morgan fingerprint density at radius 1 is 1.33 bits per heavy atom. The molecule has 1 heterocycles. The first-order chi connectivity index (χ1) is 4.33. The maximum atomic E-state index is 5.30. The van der Waals surface area contributed by atoms with E-state index in [1.165, 1.54) is 0 Å². The summed E-state index contributed by atoms with van der Waals surface area (Å²) < 4.78 is 10.6. The number of rotatable bonds is 1. The van der Waals surface area contributed by atoms with Gasteiger partial charge in [-0.15, -0.1) is 0 Å². The van der Waals surface area contributed by atoms with Gasteiger partial charge < -0.3 is 9.47 Å². The monoisotopic (exact) mass is 131 g/mol. The zero-order valence-electron chi connectivity index (χ0n) is 5.89. The normalized spacial score (nSPS) is 36.7. The van der Waals surface area contributed by atoms with Crippen molar-refractivity contribution in [1.29, 1.82) is 0 Å². The van der Waals surface area contributed by atoms with E-state index in [2.05, 4.69) is 5.32 Å². The van der Waals surface area contributed by atoms with Crippen LogP contribution in [0, 0.1) is 0 Å². The maximum absolute atomic E-state index is 5.30. The molecule has 0 unspecified atom stereocenters. The molecule has 0 saturated carbocycles. The molecule has 0 spiro atoms. The molecule has 0 bridgehead atoms. The quantitative estimate of drug-likeness (QED) is 0.542. The summed E-state index contributed by atoms with van der Waals surface area (Å²) in [6.07, 6.45) is 0.357. The second kappa shape index (κ2) is 3.15. The predicted octanol–water partition coefficient (Wildman–Crippen LogP) is -0.0328. The number of hydrogen-bond acceptors (Lipinski definition) is 3. The smallest absolute Gasteiger partial charge is 0.131 e. The third-order valence-electron chi connectivity index (χ3n) is 1.39. The molecule has 1 saturated heterocycles. The van der Waals surface area contributed by atoms with E-state index in [1.54, 1.807) is 0 Å². The Morgan fingerprint density at radius 3 is 2.56 bits per heavy atom. The summed E-state index contributed by atoms with van der Waals surface area (Å²) in [6.45, 7) is 3.37. The van der Waals surface area contributed by atoms with Gasteiger partial charge in [-0.2, -0.15) is 0 Å². The van der Waals surface area contributed by atoms with Gasteiger partial charge in [-0.1, -0.05) is 0 Å². The van der Waals surface area contributed by atoms with Crippen molar-refractivity contribution < 1.29 is 9.47 Å². The number of hydrogen-bond donors (Lipinski definition) is 1. The van der Waals surface area contributed by atoms with Crippen LogP contribution in [0.5, 0.6) is 0 Å². The van der Waals surface area contributed by atoms with E-state index in [0.717, 1.165) is 0 Å². The summed E-state index contributed by atoms with van der Waals surface area (Å²) in [5, 5.41) is 2.98. The summed E-state index contributed by atoms with van der Waals surface area (Å²) in [5.74, 6) is 0. The van der Waals surface area contributed by atoms with Gasteiger partial charge in [0.15, 0.2) is 0 Å². The number of nitrogens with one attached hydrogen (secondary N) is 1. The minimum Gasteiger partial charge on any atom is -0.372 e. The van der Waals surface area contributed by atoms with Crippen molar-refractivity contribution in [3.8, 4) is 0 Å². The largest absolute Gasteiger partial charge is 0.372 e. The van der Waals surface area contributed by atoms with Gasteiger partial charge in [-0.3, -0.25) is 5.32 Å². The van der Waals surface area contributed by atoms with Crippen molar-refractivity contribution in [3.05, 3.63) is 0 Å². The highest BCUT2D eigenvalue weighted by molar-refractivity contribution is 4.59. The van der Waals surface area contributed by atoms with Gasteiger partial charge in [-0.05, 0) is 14.0 Å². The molecule has 0 aromatic rings. The fraction of sp³-hybridized carbons (Fsp3) is 1.00. The Kier molecular flexibility index (Phi) is 2.45. The zero-order valence-corrected chi connectivity index (χ0v) is 5.89. The Labute approximate surface area is 55.3 Å². The molecule has 9 heavy (non-hydrogen) atoms. The molecular weight excluding hydrogens is 118 g/mol. The molecule has 0 aromatic carbocycles. The first kappa shape index (κ1) is 6.99. The van der Waals surface area contributed by atoms with Gasteiger partial charge in [0.05, 0.1) is 19.3 Å². The Balaban J connectivity index is 2.18. The highest BCUT2D eigenvalue weighted by Crippen LogP contribution is 2.02. The van der Waals surface area contributed by atoms with Crippen LogP contribution in [0.4, 0.5) is 0 Å². The second-order valence-corrected chi connectivity index (χ2v) is 2.25. The van der Waals surface area contributed by atoms with Crippen LogP contribution in [0.2, 0.25) is 0 Å². The topological polar surface area (TPSA) is 30.5 Å². The minimum absolute atomic E-state index is 0.0983. The number of likely N-dealkylation sites (N-methyl/N-ethyl adjacent to an activating group) is 1. The zero-order chi connectivity index (χ0) is 6.69. The maximum Gasteiger partial charge on any atom is 0.131 e. The molecule has 1 fully saturated rings. The van der Waals surface area contributed by atoms with Crippen LogP contribution in [-0.4, -0.2) is 32.6 Å². The lowest BCUT2D eigenvalue weighted by Gasteiger charge is -2.26. The molecule has 1 aliphatic heterocycles. The average Bonchev–Trinajstić information content (AvgIpc) is 1.90. The lowest BCUT2D eigenvalue weighted by atomic mass is 10.4. The van der Waals surface area contributed by atoms with Crippen LogP contribution in [-0.2, 0) is 9.47 Å². The standard InChI is InChI=1S/C6H13NO2/c1-5-3-9-6(7-2)4-8-5/h5-7H,3-4H2,1-2H3/t5-,6+/m1/s1. The molecular formula is C6H13NO2. The number of ether oxygens (including phenoxy) is 2. The molecule has 1 rings (SSSR count). The van der Waals surface area contributed by atoms with Crippen molar-refractivity contribution in [1.82, 2.24) is 5.32 Å². The molecule has 0 aliphatic carbocycles. The van der Waals surface area contributed by atoms with Gasteiger partial charge in [0.1, 0.15) is 6.23 Å². The van der Waals surface area contributed by atoms with Gasteiger partial charge in [0, 0.05) is 0 Å². The summed E-state index contributed by atoms with van der Waals surface area (Å²) in [6, 6.07) is 0. The van der Waals surface area contributed by atoms with E-state index in [1.807, 2.05) is 14.0 Å². The second-order valence-electron chi connectivity index (χ2n) is 2.25. The molecule has 3 nitrogen and oxygen atoms in total. The summed E-state index contributed by atoms with van der Waals surface area (Å²) >= 11 is 0. The van der Waals surface area contributed by atoms with E-state index in [0.29, 0.717) is 13.2 Å². The molecule has 0 amide bonds. The van der Waals surface area contributed by atoms with E-state index < -0.39 is 0 Å². The lowest BCUT2D eigenvalue weighted by molar-refractivity contribution is -0.134. The van der Waals surface area contributed by atoms with Crippen molar-refractivity contribution in [3.63, 3.8) is 0 Å². The highest BCUT2D eigenvalue weighted by Gasteiger charge is 2.16. The van der Waals surface area contributed by atoms with Crippen LogP contribution in [0.1, 0.15) is 6.92 Å². The Hall–Kier alpha value is -0.120. The molecule has 1 N–H and O–H groups in total. The van der Waals surface area contributed by atoms with Gasteiger partial charge in [0.25, 0.3) is 0 Å². The van der Waals surface area contributed by atoms with Crippen molar-refractivity contribution in [2.24, 2.45) is 0 Å². The van der Waals surface area contributed by atoms with Crippen LogP contribution in [0.15, 0.2) is 0 Å². The molecule has 2 atom stereocenters. The van der Waals surface area contributed by atoms with E-state index in [-0.39, 0.29) is 12.3 Å².